The normalized spacial score (nSPS) is 10.2. The van der Waals surface area contributed by atoms with Crippen LogP contribution in [-0.4, -0.2) is 10.9 Å². The number of hydrogen-bond donors (Lipinski definition) is 1. The topological polar surface area (TPSA) is 42.0 Å². The lowest BCUT2D eigenvalue weighted by molar-refractivity contribution is 0.0945. The largest absolute Gasteiger partial charge is 0.347 e. The molecule has 98 valence electrons. The number of rotatable bonds is 4. The first kappa shape index (κ1) is 13.6. The fourth-order valence-corrected chi connectivity index (χ4v) is 1.98. The number of carbonyl (C=O) groups excluding carboxylic acids is 1. The number of hydrogen-bond acceptors (Lipinski definition) is 2. The molecule has 19 heavy (non-hydrogen) atoms. The summed E-state index contributed by atoms with van der Waals surface area (Å²) in [5, 5.41) is 2.86. The number of amides is 1. The van der Waals surface area contributed by atoms with Gasteiger partial charge in [-0.2, -0.15) is 0 Å². The molecule has 3 nitrogen and oxygen atoms in total. The third-order valence-electron chi connectivity index (χ3n) is 2.82. The van der Waals surface area contributed by atoms with Gasteiger partial charge >= 0.3 is 0 Å². The van der Waals surface area contributed by atoms with Gasteiger partial charge in [0.25, 0.3) is 5.91 Å². The Morgan fingerprint density at radius 2 is 2.05 bits per heavy atom. The molecule has 0 saturated carbocycles. The molecule has 1 aromatic carbocycles. The molecular weight excluding hydrogens is 260 g/mol. The second-order valence-electron chi connectivity index (χ2n) is 4.31. The number of aryl methyl sites for hydroxylation is 1. The van der Waals surface area contributed by atoms with Crippen molar-refractivity contribution >= 4 is 17.5 Å². The first-order valence-corrected chi connectivity index (χ1v) is 6.58. The zero-order chi connectivity index (χ0) is 13.7. The first-order valence-electron chi connectivity index (χ1n) is 6.04. The van der Waals surface area contributed by atoms with E-state index >= 15 is 0 Å². The highest BCUT2D eigenvalue weighted by molar-refractivity contribution is 6.17. The molecule has 0 unspecified atom stereocenters. The predicted molar refractivity (Wildman–Crippen MR) is 76.1 cm³/mol. The van der Waals surface area contributed by atoms with E-state index in [1.165, 1.54) is 0 Å². The monoisotopic (exact) mass is 274 g/mol. The van der Waals surface area contributed by atoms with Crippen molar-refractivity contribution in [1.29, 1.82) is 0 Å². The van der Waals surface area contributed by atoms with Crippen LogP contribution in [0.5, 0.6) is 0 Å². The molecule has 0 spiro atoms. The smallest absolute Gasteiger partial charge is 0.270 e. The van der Waals surface area contributed by atoms with E-state index in [2.05, 4.69) is 10.3 Å². The van der Waals surface area contributed by atoms with Gasteiger partial charge in [0, 0.05) is 18.6 Å². The fourth-order valence-electron chi connectivity index (χ4n) is 1.81. The van der Waals surface area contributed by atoms with Crippen LogP contribution in [0.1, 0.15) is 27.2 Å². The Morgan fingerprint density at radius 3 is 2.79 bits per heavy atom. The molecule has 2 aromatic rings. The van der Waals surface area contributed by atoms with Gasteiger partial charge in [0.05, 0.1) is 0 Å². The maximum absolute atomic E-state index is 12.0. The van der Waals surface area contributed by atoms with Crippen LogP contribution >= 0.6 is 11.6 Å². The Hall–Kier alpha value is -1.87. The summed E-state index contributed by atoms with van der Waals surface area (Å²) in [6.07, 6.45) is 1.62. The number of benzene rings is 1. The summed E-state index contributed by atoms with van der Waals surface area (Å²) < 4.78 is 0. The van der Waals surface area contributed by atoms with Gasteiger partial charge in [-0.05, 0) is 29.7 Å². The number of aromatic nitrogens is 1. The highest BCUT2D eigenvalue weighted by Gasteiger charge is 2.09. The third kappa shape index (κ3) is 3.55. The SMILES string of the molecule is Cc1cccnc1C(=O)NCc1cccc(CCl)c1. The van der Waals surface area contributed by atoms with Gasteiger partial charge in [0.15, 0.2) is 0 Å². The molecule has 0 saturated heterocycles. The van der Waals surface area contributed by atoms with Crippen molar-refractivity contribution in [3.05, 3.63) is 65.0 Å². The fraction of sp³-hybridized carbons (Fsp3) is 0.200. The van der Waals surface area contributed by atoms with E-state index in [-0.39, 0.29) is 5.91 Å². The van der Waals surface area contributed by atoms with Gasteiger partial charge in [-0.15, -0.1) is 11.6 Å². The van der Waals surface area contributed by atoms with Crippen LogP contribution in [0.15, 0.2) is 42.6 Å². The van der Waals surface area contributed by atoms with Gasteiger partial charge in [-0.3, -0.25) is 9.78 Å². The zero-order valence-electron chi connectivity index (χ0n) is 10.7. The van der Waals surface area contributed by atoms with Crippen LogP contribution in [0, 0.1) is 6.92 Å². The van der Waals surface area contributed by atoms with E-state index in [1.54, 1.807) is 6.20 Å². The summed E-state index contributed by atoms with van der Waals surface area (Å²) in [6.45, 7) is 2.34. The summed E-state index contributed by atoms with van der Waals surface area (Å²) in [5.41, 5.74) is 3.41. The minimum atomic E-state index is -0.158. The molecule has 1 aromatic heterocycles. The third-order valence-corrected chi connectivity index (χ3v) is 3.13. The second-order valence-corrected chi connectivity index (χ2v) is 4.57. The number of nitrogens with zero attached hydrogens (tertiary/aromatic N) is 1. The summed E-state index contributed by atoms with van der Waals surface area (Å²) in [7, 11) is 0. The van der Waals surface area contributed by atoms with Crippen molar-refractivity contribution in [1.82, 2.24) is 10.3 Å². The van der Waals surface area contributed by atoms with Gasteiger partial charge in [-0.1, -0.05) is 30.3 Å². The van der Waals surface area contributed by atoms with Gasteiger partial charge in [-0.25, -0.2) is 0 Å². The van der Waals surface area contributed by atoms with E-state index in [4.69, 9.17) is 11.6 Å². The predicted octanol–water partition coefficient (Wildman–Crippen LogP) is 3.06. The molecule has 1 heterocycles. The van der Waals surface area contributed by atoms with E-state index in [9.17, 15) is 4.79 Å². The lowest BCUT2D eigenvalue weighted by Crippen LogP contribution is -2.24. The maximum atomic E-state index is 12.0. The van der Waals surface area contributed by atoms with Gasteiger partial charge < -0.3 is 5.32 Å². The quantitative estimate of drug-likeness (QED) is 0.871. The van der Waals surface area contributed by atoms with Crippen LogP contribution in [0.3, 0.4) is 0 Å². The molecule has 0 aliphatic heterocycles. The minimum absolute atomic E-state index is 0.158. The van der Waals surface area contributed by atoms with Crippen LogP contribution in [0.4, 0.5) is 0 Å². The maximum Gasteiger partial charge on any atom is 0.270 e. The molecule has 0 aliphatic rings. The molecule has 0 bridgehead atoms. The van der Waals surface area contributed by atoms with Crippen molar-refractivity contribution in [3.63, 3.8) is 0 Å². The van der Waals surface area contributed by atoms with E-state index in [0.717, 1.165) is 16.7 Å². The summed E-state index contributed by atoms with van der Waals surface area (Å²) in [6, 6.07) is 11.5. The number of carbonyl (C=O) groups is 1. The highest BCUT2D eigenvalue weighted by atomic mass is 35.5. The Kier molecular flexibility index (Phi) is 4.53. The highest BCUT2D eigenvalue weighted by Crippen LogP contribution is 2.08. The Labute approximate surface area is 117 Å². The average molecular weight is 275 g/mol. The Morgan fingerprint density at radius 1 is 1.26 bits per heavy atom. The number of halogens is 1. The lowest BCUT2D eigenvalue weighted by Gasteiger charge is -2.07. The van der Waals surface area contributed by atoms with E-state index in [1.807, 2.05) is 43.3 Å². The number of pyridine rings is 1. The molecule has 1 N–H and O–H groups in total. The zero-order valence-corrected chi connectivity index (χ0v) is 11.4. The van der Waals surface area contributed by atoms with Crippen LogP contribution < -0.4 is 5.32 Å². The second kappa shape index (κ2) is 6.34. The summed E-state index contributed by atoms with van der Waals surface area (Å²) in [5.74, 6) is 0.315. The first-order chi connectivity index (χ1) is 9.20. The molecule has 0 atom stereocenters. The van der Waals surface area contributed by atoms with Crippen LogP contribution in [0.2, 0.25) is 0 Å². The van der Waals surface area contributed by atoms with Crippen molar-refractivity contribution in [2.45, 2.75) is 19.3 Å². The molecule has 2 rings (SSSR count). The molecule has 1 amide bonds. The molecule has 0 radical (unpaired) electrons. The van der Waals surface area contributed by atoms with Crippen molar-refractivity contribution in [2.75, 3.05) is 0 Å². The van der Waals surface area contributed by atoms with E-state index in [0.29, 0.717) is 18.1 Å². The standard InChI is InChI=1S/C15H15ClN2O/c1-11-4-3-7-17-14(11)15(19)18-10-13-6-2-5-12(8-13)9-16/h2-8H,9-10H2,1H3,(H,18,19). The lowest BCUT2D eigenvalue weighted by atomic mass is 10.1. The van der Waals surface area contributed by atoms with Gasteiger partial charge in [0.2, 0.25) is 0 Å². The van der Waals surface area contributed by atoms with Crippen molar-refractivity contribution in [3.8, 4) is 0 Å². The molecule has 0 fully saturated rings. The van der Waals surface area contributed by atoms with Gasteiger partial charge in [0.1, 0.15) is 5.69 Å². The molecular formula is C15H15ClN2O. The number of nitrogens with one attached hydrogen (secondary N) is 1. The Balaban J connectivity index is 2.02. The summed E-state index contributed by atoms with van der Waals surface area (Å²) >= 11 is 5.78. The molecule has 0 aliphatic carbocycles. The average Bonchev–Trinajstić information content (AvgIpc) is 2.45. The van der Waals surface area contributed by atoms with Crippen LogP contribution in [0.25, 0.3) is 0 Å². The van der Waals surface area contributed by atoms with E-state index < -0.39 is 0 Å². The van der Waals surface area contributed by atoms with Crippen molar-refractivity contribution in [2.24, 2.45) is 0 Å². The van der Waals surface area contributed by atoms with Crippen molar-refractivity contribution < 1.29 is 4.79 Å². The number of alkyl halides is 1. The summed E-state index contributed by atoms with van der Waals surface area (Å²) in [4.78, 5) is 16.1. The minimum Gasteiger partial charge on any atom is -0.347 e. The Bertz CT molecular complexity index is 584. The van der Waals surface area contributed by atoms with Crippen LogP contribution in [-0.2, 0) is 12.4 Å². The molecule has 4 heteroatoms.